The second kappa shape index (κ2) is 38.2. The Morgan fingerprint density at radius 2 is 0.667 bits per heavy atom. The Morgan fingerprint density at radius 1 is 0.381 bits per heavy atom. The fourth-order valence-corrected chi connectivity index (χ4v) is 5.96. The summed E-state index contributed by atoms with van der Waals surface area (Å²) in [6.45, 7) is 5.19. The lowest BCUT2D eigenvalue weighted by atomic mass is 10.0. The molecule has 2 nitrogen and oxygen atoms in total. The largest absolute Gasteiger partial charge is 0.466 e. The van der Waals surface area contributed by atoms with Gasteiger partial charge >= 0.3 is 5.97 Å². The summed E-state index contributed by atoms with van der Waals surface area (Å²) in [5.74, 6) is 0.0181. The van der Waals surface area contributed by atoms with Gasteiger partial charge in [0.15, 0.2) is 0 Å². The van der Waals surface area contributed by atoms with Crippen LogP contribution in [0.4, 0.5) is 0 Å². The van der Waals surface area contributed by atoms with Gasteiger partial charge in [-0.25, -0.2) is 0 Å². The lowest BCUT2D eigenvalue weighted by Crippen LogP contribution is -2.05. The Bertz CT molecular complexity index is 526. The maximum atomic E-state index is 11.9. The van der Waals surface area contributed by atoms with Crippen molar-refractivity contribution in [2.75, 3.05) is 6.61 Å². The van der Waals surface area contributed by atoms with E-state index >= 15 is 0 Å². The molecule has 0 aromatic heterocycles. The minimum atomic E-state index is 0.0181. The van der Waals surface area contributed by atoms with Crippen molar-refractivity contribution in [2.24, 2.45) is 0 Å². The molecule has 0 aromatic rings. The van der Waals surface area contributed by atoms with Crippen LogP contribution in [0.1, 0.15) is 232 Å². The first kappa shape index (κ1) is 41.2. The molecule has 0 rings (SSSR count). The summed E-state index contributed by atoms with van der Waals surface area (Å²) in [6.07, 6.45) is 50.1. The van der Waals surface area contributed by atoms with Gasteiger partial charge in [-0.3, -0.25) is 4.79 Å². The average molecular weight is 591 g/mol. The predicted octanol–water partition coefficient (Wildman–Crippen LogP) is 14.4. The molecule has 0 radical (unpaired) electrons. The Balaban J connectivity index is 3.16. The highest BCUT2D eigenvalue weighted by Crippen LogP contribution is 2.15. The summed E-state index contributed by atoms with van der Waals surface area (Å²) in [6, 6.07) is 0. The van der Waals surface area contributed by atoms with Gasteiger partial charge in [0.2, 0.25) is 0 Å². The molecule has 2 heteroatoms. The van der Waals surface area contributed by atoms with Gasteiger partial charge in [0.1, 0.15) is 0 Å². The van der Waals surface area contributed by atoms with Crippen molar-refractivity contribution in [3.8, 4) is 0 Å². The number of rotatable bonds is 36. The first-order valence-electron chi connectivity index (χ1n) is 19.6. The molecule has 0 fully saturated rings. The summed E-state index contributed by atoms with van der Waals surface area (Å²) < 4.78 is 5.44. The first-order valence-corrected chi connectivity index (χ1v) is 19.6. The van der Waals surface area contributed by atoms with Gasteiger partial charge in [-0.05, 0) is 38.5 Å². The molecule has 0 amide bonds. The number of carbonyl (C=O) groups is 1. The zero-order valence-electron chi connectivity index (χ0n) is 29.2. The second-order valence-corrected chi connectivity index (χ2v) is 13.3. The lowest BCUT2D eigenvalue weighted by molar-refractivity contribution is -0.143. The molecule has 0 unspecified atom stereocenters. The fourth-order valence-electron chi connectivity index (χ4n) is 5.96. The van der Waals surface area contributed by atoms with E-state index in [2.05, 4.69) is 26.0 Å². The average Bonchev–Trinajstić information content (AvgIpc) is 3.00. The van der Waals surface area contributed by atoms with Gasteiger partial charge in [0, 0.05) is 6.42 Å². The van der Waals surface area contributed by atoms with Gasteiger partial charge < -0.3 is 4.74 Å². The van der Waals surface area contributed by atoms with Gasteiger partial charge in [-0.15, -0.1) is 0 Å². The number of allylic oxidation sites excluding steroid dienone is 2. The van der Waals surface area contributed by atoms with Crippen LogP contribution in [0, 0.1) is 0 Å². The number of ether oxygens (including phenoxy) is 1. The van der Waals surface area contributed by atoms with E-state index < -0.39 is 0 Å². The molecule has 0 saturated heterocycles. The number of carbonyl (C=O) groups excluding carboxylic acids is 1. The Hall–Kier alpha value is -0.790. The molecule has 0 aliphatic carbocycles. The summed E-state index contributed by atoms with van der Waals surface area (Å²) in [5, 5.41) is 0. The summed E-state index contributed by atoms with van der Waals surface area (Å²) in [5.41, 5.74) is 0. The minimum absolute atomic E-state index is 0.0181. The van der Waals surface area contributed by atoms with Crippen molar-refractivity contribution in [3.05, 3.63) is 12.2 Å². The van der Waals surface area contributed by atoms with Crippen molar-refractivity contribution in [3.63, 3.8) is 0 Å². The number of hydrogen-bond acceptors (Lipinski definition) is 2. The monoisotopic (exact) mass is 591 g/mol. The number of hydrogen-bond donors (Lipinski definition) is 0. The third-order valence-corrected chi connectivity index (χ3v) is 8.90. The first-order chi connectivity index (χ1) is 20.8. The molecule has 0 spiro atoms. The van der Waals surface area contributed by atoms with Gasteiger partial charge in [-0.2, -0.15) is 0 Å². The molecule has 0 heterocycles. The summed E-state index contributed by atoms with van der Waals surface area (Å²) in [4.78, 5) is 11.9. The summed E-state index contributed by atoms with van der Waals surface area (Å²) in [7, 11) is 0. The fraction of sp³-hybridized carbons (Fsp3) is 0.925. The van der Waals surface area contributed by atoms with Crippen LogP contribution in [0.2, 0.25) is 0 Å². The van der Waals surface area contributed by atoms with Crippen LogP contribution in [0.25, 0.3) is 0 Å². The zero-order chi connectivity index (χ0) is 30.4. The topological polar surface area (TPSA) is 26.3 Å². The SMILES string of the molecule is CCCCCC/C=C\CCCCCCCC(=O)OCCCCCCCCCCCCCCCCCCCCCCCC. The van der Waals surface area contributed by atoms with Gasteiger partial charge in [0.25, 0.3) is 0 Å². The molecule has 250 valence electrons. The molecule has 0 saturated carbocycles. The molecule has 0 atom stereocenters. The molecular weight excluding hydrogens is 512 g/mol. The van der Waals surface area contributed by atoms with E-state index in [1.165, 1.54) is 193 Å². The van der Waals surface area contributed by atoms with Crippen LogP contribution in [-0.2, 0) is 9.53 Å². The van der Waals surface area contributed by atoms with Crippen molar-refractivity contribution in [1.29, 1.82) is 0 Å². The number of esters is 1. The van der Waals surface area contributed by atoms with E-state index in [1.54, 1.807) is 0 Å². The molecule has 0 aliphatic rings. The maximum absolute atomic E-state index is 11.9. The van der Waals surface area contributed by atoms with Crippen LogP contribution in [-0.4, -0.2) is 12.6 Å². The molecule has 42 heavy (non-hydrogen) atoms. The Labute approximate surface area is 266 Å². The molecule has 0 aromatic carbocycles. The Kier molecular flexibility index (Phi) is 37.5. The van der Waals surface area contributed by atoms with E-state index in [1.807, 2.05) is 0 Å². The highest BCUT2D eigenvalue weighted by Gasteiger charge is 2.02. The van der Waals surface area contributed by atoms with Crippen LogP contribution in [0.5, 0.6) is 0 Å². The smallest absolute Gasteiger partial charge is 0.305 e. The predicted molar refractivity (Wildman–Crippen MR) is 188 cm³/mol. The van der Waals surface area contributed by atoms with Crippen LogP contribution in [0.3, 0.4) is 0 Å². The van der Waals surface area contributed by atoms with Gasteiger partial charge in [0.05, 0.1) is 6.61 Å². The lowest BCUT2D eigenvalue weighted by Gasteiger charge is -2.06. The van der Waals surface area contributed by atoms with Crippen molar-refractivity contribution < 1.29 is 9.53 Å². The van der Waals surface area contributed by atoms with Crippen LogP contribution >= 0.6 is 0 Å². The van der Waals surface area contributed by atoms with Gasteiger partial charge in [-0.1, -0.05) is 199 Å². The van der Waals surface area contributed by atoms with Crippen LogP contribution in [0.15, 0.2) is 12.2 Å². The second-order valence-electron chi connectivity index (χ2n) is 13.3. The quantitative estimate of drug-likeness (QED) is 0.0412. The minimum Gasteiger partial charge on any atom is -0.466 e. The van der Waals surface area contributed by atoms with E-state index in [0.29, 0.717) is 13.0 Å². The zero-order valence-corrected chi connectivity index (χ0v) is 29.2. The van der Waals surface area contributed by atoms with Crippen molar-refractivity contribution in [2.45, 2.75) is 232 Å². The van der Waals surface area contributed by atoms with E-state index in [0.717, 1.165) is 19.3 Å². The molecule has 0 N–H and O–H groups in total. The highest BCUT2D eigenvalue weighted by atomic mass is 16.5. The van der Waals surface area contributed by atoms with Crippen molar-refractivity contribution >= 4 is 5.97 Å². The van der Waals surface area contributed by atoms with Crippen LogP contribution < -0.4 is 0 Å². The third kappa shape index (κ3) is 37.2. The maximum Gasteiger partial charge on any atom is 0.305 e. The van der Waals surface area contributed by atoms with E-state index in [-0.39, 0.29) is 5.97 Å². The summed E-state index contributed by atoms with van der Waals surface area (Å²) >= 11 is 0. The number of unbranched alkanes of at least 4 members (excludes halogenated alkanes) is 30. The van der Waals surface area contributed by atoms with E-state index in [4.69, 9.17) is 4.74 Å². The standard InChI is InChI=1S/C40H78O2/c1-3-5-7-9-11-13-15-17-18-19-20-21-22-23-24-25-27-29-31-33-35-37-39-42-40(41)38-36-34-32-30-28-26-16-14-12-10-8-6-4-2/h14,16H,3-13,15,17-39H2,1-2H3/b16-14-. The third-order valence-electron chi connectivity index (χ3n) is 8.90. The molecule has 0 bridgehead atoms. The van der Waals surface area contributed by atoms with Crippen molar-refractivity contribution in [1.82, 2.24) is 0 Å². The Morgan fingerprint density at radius 3 is 1.05 bits per heavy atom. The normalized spacial score (nSPS) is 11.6. The van der Waals surface area contributed by atoms with E-state index in [9.17, 15) is 4.79 Å². The molecule has 0 aliphatic heterocycles. The molecular formula is C40H78O2. The highest BCUT2D eigenvalue weighted by molar-refractivity contribution is 5.69.